The van der Waals surface area contributed by atoms with Crippen molar-refractivity contribution in [2.24, 2.45) is 0 Å². The van der Waals surface area contributed by atoms with E-state index in [9.17, 15) is 14.9 Å². The molecule has 7 heteroatoms. The van der Waals surface area contributed by atoms with Crippen LogP contribution >= 0.6 is 0 Å². The number of carbonyl (C=O) groups excluding carboxylic acids is 1. The second-order valence-corrected chi connectivity index (χ2v) is 3.17. The first-order valence-corrected chi connectivity index (χ1v) is 4.96. The summed E-state index contributed by atoms with van der Waals surface area (Å²) >= 11 is 0. The number of ether oxygens (including phenoxy) is 1. The van der Waals surface area contributed by atoms with Crippen molar-refractivity contribution in [3.05, 3.63) is 34.4 Å². The van der Waals surface area contributed by atoms with Gasteiger partial charge >= 0.3 is 6.09 Å². The maximum Gasteiger partial charge on any atom is 0.411 e. The highest BCUT2D eigenvalue weighted by Gasteiger charge is 2.06. The van der Waals surface area contributed by atoms with E-state index in [2.05, 4.69) is 10.6 Å². The number of hydrogen-bond acceptors (Lipinski definition) is 5. The topological polar surface area (TPSA) is 93.5 Å². The number of rotatable bonds is 5. The first kappa shape index (κ1) is 12.9. The van der Waals surface area contributed by atoms with E-state index in [1.54, 1.807) is 7.05 Å². The fourth-order valence-corrected chi connectivity index (χ4v) is 1.07. The first-order chi connectivity index (χ1) is 8.13. The Morgan fingerprint density at radius 2 is 2.06 bits per heavy atom. The van der Waals surface area contributed by atoms with Gasteiger partial charge in [-0.15, -0.1) is 0 Å². The van der Waals surface area contributed by atoms with Crippen LogP contribution in [0.25, 0.3) is 0 Å². The maximum absolute atomic E-state index is 11.2. The molecule has 1 aromatic carbocycles. The number of benzene rings is 1. The van der Waals surface area contributed by atoms with Crippen LogP contribution in [0.2, 0.25) is 0 Å². The van der Waals surface area contributed by atoms with Crippen LogP contribution < -0.4 is 10.6 Å². The first-order valence-electron chi connectivity index (χ1n) is 4.96. The smallest absolute Gasteiger partial charge is 0.411 e. The zero-order valence-electron chi connectivity index (χ0n) is 9.30. The van der Waals surface area contributed by atoms with E-state index in [-0.39, 0.29) is 12.3 Å². The molecule has 1 rings (SSSR count). The quantitative estimate of drug-likeness (QED) is 0.459. The molecule has 0 fully saturated rings. The minimum Gasteiger partial charge on any atom is -0.448 e. The number of nitrogens with one attached hydrogen (secondary N) is 2. The molecular formula is C10H13N3O4. The predicted molar refractivity (Wildman–Crippen MR) is 62.0 cm³/mol. The Balaban J connectivity index is 2.46. The highest BCUT2D eigenvalue weighted by atomic mass is 16.6. The van der Waals surface area contributed by atoms with Crippen molar-refractivity contribution in [2.45, 2.75) is 0 Å². The van der Waals surface area contributed by atoms with Gasteiger partial charge in [-0.3, -0.25) is 15.4 Å². The molecular weight excluding hydrogens is 226 g/mol. The Hall–Kier alpha value is -2.15. The maximum atomic E-state index is 11.2. The molecule has 1 amide bonds. The molecule has 0 saturated carbocycles. The molecule has 2 N–H and O–H groups in total. The van der Waals surface area contributed by atoms with Gasteiger partial charge < -0.3 is 10.1 Å². The number of anilines is 1. The lowest BCUT2D eigenvalue weighted by Gasteiger charge is -2.06. The summed E-state index contributed by atoms with van der Waals surface area (Å²) in [6.07, 6.45) is -0.589. The molecule has 0 unspecified atom stereocenters. The summed E-state index contributed by atoms with van der Waals surface area (Å²) in [6, 6.07) is 5.50. The Morgan fingerprint density at radius 1 is 1.41 bits per heavy atom. The van der Waals surface area contributed by atoms with E-state index in [0.717, 1.165) is 0 Å². The van der Waals surface area contributed by atoms with Crippen molar-refractivity contribution in [1.29, 1.82) is 0 Å². The van der Waals surface area contributed by atoms with Crippen LogP contribution in [0.1, 0.15) is 0 Å². The molecule has 0 atom stereocenters. The summed E-state index contributed by atoms with van der Waals surface area (Å²) in [7, 11) is 1.75. The molecule has 0 aliphatic carbocycles. The van der Waals surface area contributed by atoms with E-state index in [1.165, 1.54) is 24.3 Å². The number of non-ortho nitro benzene ring substituents is 1. The molecule has 0 saturated heterocycles. The number of likely N-dealkylation sites (N-methyl/N-ethyl adjacent to an activating group) is 1. The summed E-state index contributed by atoms with van der Waals surface area (Å²) in [6.45, 7) is 0.822. The van der Waals surface area contributed by atoms with E-state index in [0.29, 0.717) is 12.2 Å². The van der Waals surface area contributed by atoms with Crippen molar-refractivity contribution in [3.63, 3.8) is 0 Å². The number of carbonyl (C=O) groups is 1. The van der Waals surface area contributed by atoms with Crippen LogP contribution in [0.4, 0.5) is 16.2 Å². The van der Waals surface area contributed by atoms with E-state index in [1.807, 2.05) is 0 Å². The predicted octanol–water partition coefficient (Wildman–Crippen LogP) is 1.36. The van der Waals surface area contributed by atoms with Gasteiger partial charge in [0.1, 0.15) is 6.61 Å². The molecule has 7 nitrogen and oxygen atoms in total. The van der Waals surface area contributed by atoms with Gasteiger partial charge in [-0.2, -0.15) is 0 Å². The molecule has 0 aliphatic heterocycles. The van der Waals surface area contributed by atoms with Crippen LogP contribution in [0, 0.1) is 10.1 Å². The molecule has 0 aromatic heterocycles. The Kier molecular flexibility index (Phi) is 4.89. The van der Waals surface area contributed by atoms with Crippen molar-refractivity contribution in [3.8, 4) is 0 Å². The molecule has 0 heterocycles. The Bertz CT molecular complexity index is 391. The largest absolute Gasteiger partial charge is 0.448 e. The third kappa shape index (κ3) is 4.47. The van der Waals surface area contributed by atoms with Gasteiger partial charge in [-0.25, -0.2) is 4.79 Å². The molecule has 1 aromatic rings. The highest BCUT2D eigenvalue weighted by molar-refractivity contribution is 5.84. The van der Waals surface area contributed by atoms with Crippen molar-refractivity contribution in [2.75, 3.05) is 25.5 Å². The average molecular weight is 239 g/mol. The highest BCUT2D eigenvalue weighted by Crippen LogP contribution is 2.15. The fourth-order valence-electron chi connectivity index (χ4n) is 1.07. The van der Waals surface area contributed by atoms with E-state index in [4.69, 9.17) is 4.74 Å². The van der Waals surface area contributed by atoms with E-state index < -0.39 is 11.0 Å². The summed E-state index contributed by atoms with van der Waals surface area (Å²) < 4.78 is 4.82. The summed E-state index contributed by atoms with van der Waals surface area (Å²) in [5.74, 6) is 0. The summed E-state index contributed by atoms with van der Waals surface area (Å²) in [5.41, 5.74) is 0.421. The van der Waals surface area contributed by atoms with Gasteiger partial charge in [0.25, 0.3) is 5.69 Å². The van der Waals surface area contributed by atoms with Gasteiger partial charge in [0, 0.05) is 24.4 Å². The number of amides is 1. The minimum atomic E-state index is -0.589. The van der Waals surface area contributed by atoms with Crippen LogP contribution in [0.15, 0.2) is 24.3 Å². The monoisotopic (exact) mass is 239 g/mol. The van der Waals surface area contributed by atoms with Crippen LogP contribution in [-0.2, 0) is 4.74 Å². The lowest BCUT2D eigenvalue weighted by molar-refractivity contribution is -0.384. The Labute approximate surface area is 97.9 Å². The van der Waals surface area contributed by atoms with E-state index >= 15 is 0 Å². The summed E-state index contributed by atoms with van der Waals surface area (Å²) in [5, 5.41) is 15.7. The van der Waals surface area contributed by atoms with Gasteiger partial charge in [-0.1, -0.05) is 0 Å². The standard InChI is InChI=1S/C10H13N3O4/c1-11-6-7-17-10(14)12-8-2-4-9(5-3-8)13(15)16/h2-5,11H,6-7H2,1H3,(H,12,14). The SMILES string of the molecule is CNCCOC(=O)Nc1ccc([N+](=O)[O-])cc1. The van der Waals surface area contributed by atoms with Crippen LogP contribution in [0.5, 0.6) is 0 Å². The van der Waals surface area contributed by atoms with Crippen LogP contribution in [-0.4, -0.2) is 31.2 Å². The normalized spacial score (nSPS) is 9.71. The third-order valence-corrected chi connectivity index (χ3v) is 1.91. The molecule has 92 valence electrons. The zero-order valence-corrected chi connectivity index (χ0v) is 9.30. The van der Waals surface area contributed by atoms with Crippen LogP contribution in [0.3, 0.4) is 0 Å². The summed E-state index contributed by atoms with van der Waals surface area (Å²) in [4.78, 5) is 21.1. The van der Waals surface area contributed by atoms with Crippen molar-refractivity contribution < 1.29 is 14.5 Å². The van der Waals surface area contributed by atoms with Gasteiger partial charge in [0.05, 0.1) is 4.92 Å². The van der Waals surface area contributed by atoms with Crippen molar-refractivity contribution in [1.82, 2.24) is 5.32 Å². The third-order valence-electron chi connectivity index (χ3n) is 1.91. The second kappa shape index (κ2) is 6.44. The number of hydrogen-bond donors (Lipinski definition) is 2. The molecule has 0 spiro atoms. The Morgan fingerprint density at radius 3 is 2.59 bits per heavy atom. The lowest BCUT2D eigenvalue weighted by atomic mass is 10.3. The molecule has 17 heavy (non-hydrogen) atoms. The number of nitro benzene ring substituents is 1. The van der Waals surface area contributed by atoms with Crippen molar-refractivity contribution >= 4 is 17.5 Å². The minimum absolute atomic E-state index is 0.0286. The lowest BCUT2D eigenvalue weighted by Crippen LogP contribution is -2.20. The fraction of sp³-hybridized carbons (Fsp3) is 0.300. The van der Waals surface area contributed by atoms with Gasteiger partial charge in [0.15, 0.2) is 0 Å². The molecule has 0 aliphatic rings. The van der Waals surface area contributed by atoms with Gasteiger partial charge in [-0.05, 0) is 19.2 Å². The average Bonchev–Trinajstić information content (AvgIpc) is 2.30. The zero-order chi connectivity index (χ0) is 12.7. The number of nitrogens with zero attached hydrogens (tertiary/aromatic N) is 1. The molecule has 0 bridgehead atoms. The number of nitro groups is 1. The molecule has 0 radical (unpaired) electrons. The van der Waals surface area contributed by atoms with Gasteiger partial charge in [0.2, 0.25) is 0 Å². The second-order valence-electron chi connectivity index (χ2n) is 3.17.